The number of hydrogen-bond donors (Lipinski definition) is 1. The van der Waals surface area contributed by atoms with E-state index >= 15 is 0 Å². The van der Waals surface area contributed by atoms with Crippen molar-refractivity contribution in [2.24, 2.45) is 11.3 Å². The van der Waals surface area contributed by atoms with Crippen molar-refractivity contribution >= 4 is 5.97 Å². The molecule has 27 heavy (non-hydrogen) atoms. The van der Waals surface area contributed by atoms with Crippen LogP contribution in [-0.4, -0.2) is 29.1 Å². The Morgan fingerprint density at radius 2 is 1.85 bits per heavy atom. The first-order valence-electron chi connectivity index (χ1n) is 9.47. The van der Waals surface area contributed by atoms with Crippen molar-refractivity contribution < 1.29 is 19.0 Å². The van der Waals surface area contributed by atoms with Crippen LogP contribution >= 0.6 is 0 Å². The fourth-order valence-electron chi connectivity index (χ4n) is 4.56. The summed E-state index contributed by atoms with van der Waals surface area (Å²) in [6.07, 6.45) is 2.86. The van der Waals surface area contributed by atoms with E-state index in [1.807, 2.05) is 24.3 Å². The Kier molecular flexibility index (Phi) is 4.87. The maximum atomic E-state index is 12.9. The maximum absolute atomic E-state index is 12.9. The van der Waals surface area contributed by atoms with Gasteiger partial charge in [-0.1, -0.05) is 30.7 Å². The first-order valence-corrected chi connectivity index (χ1v) is 9.47. The number of carboxylic acid groups (broad SMARTS) is 1. The molecule has 0 unspecified atom stereocenters. The van der Waals surface area contributed by atoms with Crippen LogP contribution in [0.15, 0.2) is 48.5 Å². The van der Waals surface area contributed by atoms with Crippen LogP contribution in [0, 0.1) is 17.2 Å². The molecule has 1 heterocycles. The summed E-state index contributed by atoms with van der Waals surface area (Å²) in [7, 11) is 0. The van der Waals surface area contributed by atoms with Crippen molar-refractivity contribution in [3.63, 3.8) is 0 Å². The molecule has 1 aliphatic heterocycles. The number of fused-ring (bicyclic) bond motifs is 1. The minimum atomic E-state index is -0.628. The van der Waals surface area contributed by atoms with Gasteiger partial charge >= 0.3 is 5.97 Å². The van der Waals surface area contributed by atoms with Gasteiger partial charge in [0.2, 0.25) is 0 Å². The van der Waals surface area contributed by atoms with E-state index in [9.17, 15) is 14.3 Å². The summed E-state index contributed by atoms with van der Waals surface area (Å²) in [6.45, 7) is 2.68. The number of aliphatic carboxylic acids is 1. The largest absolute Gasteiger partial charge is 0.489 e. The number of carbonyl (C=O) groups is 1. The monoisotopic (exact) mass is 369 g/mol. The molecule has 4 nitrogen and oxygen atoms in total. The third-order valence-electron chi connectivity index (χ3n) is 6.02. The molecule has 1 saturated carbocycles. The van der Waals surface area contributed by atoms with Gasteiger partial charge in [-0.05, 0) is 54.2 Å². The highest BCUT2D eigenvalue weighted by Crippen LogP contribution is 2.49. The third kappa shape index (κ3) is 3.69. The van der Waals surface area contributed by atoms with Crippen LogP contribution in [0.5, 0.6) is 5.75 Å². The zero-order valence-electron chi connectivity index (χ0n) is 15.2. The van der Waals surface area contributed by atoms with E-state index in [1.165, 1.54) is 12.1 Å². The Balaban J connectivity index is 1.33. The Morgan fingerprint density at radius 1 is 1.15 bits per heavy atom. The highest BCUT2D eigenvalue weighted by atomic mass is 19.1. The van der Waals surface area contributed by atoms with Crippen LogP contribution in [0.25, 0.3) is 0 Å². The lowest BCUT2D eigenvalue weighted by molar-refractivity contribution is -0.149. The SMILES string of the molecule is O=C(O)[C@@]12CCC[C@H]1CN(Cc1ccc(OCc3ccc(F)cc3)cc1)C2. The second-order valence-corrected chi connectivity index (χ2v) is 7.78. The van der Waals surface area contributed by atoms with E-state index in [1.54, 1.807) is 12.1 Å². The van der Waals surface area contributed by atoms with Crippen LogP contribution in [-0.2, 0) is 17.9 Å². The molecule has 1 N–H and O–H groups in total. The molecule has 4 rings (SSSR count). The van der Waals surface area contributed by atoms with Gasteiger partial charge in [-0.25, -0.2) is 4.39 Å². The average Bonchev–Trinajstić information content (AvgIpc) is 3.20. The van der Waals surface area contributed by atoms with Crippen LogP contribution < -0.4 is 4.74 Å². The van der Waals surface area contributed by atoms with E-state index in [2.05, 4.69) is 4.90 Å². The van der Waals surface area contributed by atoms with Gasteiger partial charge in [0.15, 0.2) is 0 Å². The van der Waals surface area contributed by atoms with Crippen LogP contribution in [0.2, 0.25) is 0 Å². The smallest absolute Gasteiger partial charge is 0.311 e. The Morgan fingerprint density at radius 3 is 2.52 bits per heavy atom. The molecule has 0 spiro atoms. The molecule has 0 radical (unpaired) electrons. The van der Waals surface area contributed by atoms with Crippen molar-refractivity contribution in [3.05, 3.63) is 65.5 Å². The number of likely N-dealkylation sites (tertiary alicyclic amines) is 1. The summed E-state index contributed by atoms with van der Waals surface area (Å²) in [4.78, 5) is 14.1. The Hall–Kier alpha value is -2.40. The number of halogens is 1. The number of benzene rings is 2. The molecule has 0 amide bonds. The molecule has 2 aromatic carbocycles. The Labute approximate surface area is 158 Å². The number of nitrogens with zero attached hydrogens (tertiary/aromatic N) is 1. The van der Waals surface area contributed by atoms with E-state index in [0.29, 0.717) is 13.2 Å². The lowest BCUT2D eigenvalue weighted by atomic mass is 9.81. The van der Waals surface area contributed by atoms with Gasteiger partial charge in [0, 0.05) is 19.6 Å². The van der Waals surface area contributed by atoms with Crippen LogP contribution in [0.4, 0.5) is 4.39 Å². The highest BCUT2D eigenvalue weighted by molar-refractivity contribution is 5.76. The third-order valence-corrected chi connectivity index (χ3v) is 6.02. The van der Waals surface area contributed by atoms with Gasteiger partial charge in [-0.3, -0.25) is 9.69 Å². The van der Waals surface area contributed by atoms with Gasteiger partial charge in [-0.2, -0.15) is 0 Å². The zero-order valence-corrected chi connectivity index (χ0v) is 15.2. The van der Waals surface area contributed by atoms with Crippen molar-refractivity contribution in [2.45, 2.75) is 32.4 Å². The maximum Gasteiger partial charge on any atom is 0.311 e. The lowest BCUT2D eigenvalue weighted by Gasteiger charge is -2.23. The molecule has 142 valence electrons. The van der Waals surface area contributed by atoms with Gasteiger partial charge in [0.1, 0.15) is 18.2 Å². The van der Waals surface area contributed by atoms with Crippen molar-refractivity contribution in [2.75, 3.05) is 13.1 Å². The quantitative estimate of drug-likeness (QED) is 0.833. The van der Waals surface area contributed by atoms with Gasteiger partial charge in [0.05, 0.1) is 5.41 Å². The molecule has 1 aliphatic carbocycles. The number of ether oxygens (including phenoxy) is 1. The first kappa shape index (κ1) is 18.0. The molecule has 2 fully saturated rings. The molecule has 0 aromatic heterocycles. The van der Waals surface area contributed by atoms with Gasteiger partial charge in [0.25, 0.3) is 0 Å². The standard InChI is InChI=1S/C22H24FNO3/c23-19-7-3-17(4-8-19)14-27-20-9-5-16(6-10-20)12-24-13-18-2-1-11-22(18,15-24)21(25)26/h3-10,18H,1-2,11-15H2,(H,25,26)/t18-,22+/m0/s1. The predicted molar refractivity (Wildman–Crippen MR) is 99.9 cm³/mol. The van der Waals surface area contributed by atoms with Crippen LogP contribution in [0.1, 0.15) is 30.4 Å². The van der Waals surface area contributed by atoms with Crippen molar-refractivity contribution in [1.82, 2.24) is 4.90 Å². The fraction of sp³-hybridized carbons (Fsp3) is 0.409. The minimum Gasteiger partial charge on any atom is -0.489 e. The average molecular weight is 369 g/mol. The molecule has 2 atom stereocenters. The summed E-state index contributed by atoms with van der Waals surface area (Å²) in [5, 5.41) is 9.70. The molecule has 5 heteroatoms. The summed E-state index contributed by atoms with van der Waals surface area (Å²) in [6, 6.07) is 14.2. The summed E-state index contributed by atoms with van der Waals surface area (Å²) in [5.41, 5.74) is 1.55. The van der Waals surface area contributed by atoms with Gasteiger partial charge in [-0.15, -0.1) is 0 Å². The van der Waals surface area contributed by atoms with Crippen molar-refractivity contribution in [1.29, 1.82) is 0 Å². The zero-order chi connectivity index (χ0) is 18.9. The second kappa shape index (κ2) is 7.31. The minimum absolute atomic E-state index is 0.251. The molecule has 0 bridgehead atoms. The predicted octanol–water partition coefficient (Wildman–Crippen LogP) is 4.09. The number of carboxylic acids is 1. The van der Waals surface area contributed by atoms with E-state index in [4.69, 9.17) is 4.74 Å². The molecular formula is C22H24FNO3. The molecule has 1 saturated heterocycles. The molecular weight excluding hydrogens is 345 g/mol. The van der Waals surface area contributed by atoms with E-state index in [-0.39, 0.29) is 11.7 Å². The first-order chi connectivity index (χ1) is 13.0. The summed E-state index contributed by atoms with van der Waals surface area (Å²) >= 11 is 0. The summed E-state index contributed by atoms with van der Waals surface area (Å²) in [5.74, 6) is 0.174. The summed E-state index contributed by atoms with van der Waals surface area (Å²) < 4.78 is 18.7. The van der Waals surface area contributed by atoms with E-state index in [0.717, 1.165) is 49.2 Å². The van der Waals surface area contributed by atoms with Crippen molar-refractivity contribution in [3.8, 4) is 5.75 Å². The second-order valence-electron chi connectivity index (χ2n) is 7.78. The van der Waals surface area contributed by atoms with Crippen LogP contribution in [0.3, 0.4) is 0 Å². The topological polar surface area (TPSA) is 49.8 Å². The number of hydrogen-bond acceptors (Lipinski definition) is 3. The van der Waals surface area contributed by atoms with E-state index < -0.39 is 11.4 Å². The lowest BCUT2D eigenvalue weighted by Crippen LogP contribution is -2.35. The molecule has 2 aromatic rings. The fourth-order valence-corrected chi connectivity index (χ4v) is 4.56. The highest BCUT2D eigenvalue weighted by Gasteiger charge is 2.54. The normalized spacial score (nSPS) is 24.7. The van der Waals surface area contributed by atoms with Gasteiger partial charge < -0.3 is 9.84 Å². The number of rotatable bonds is 6. The Bertz CT molecular complexity index is 805. The molecule has 2 aliphatic rings.